The maximum absolute atomic E-state index is 15.7. The number of ether oxygens (including phenoxy) is 2. The van der Waals surface area contributed by atoms with Gasteiger partial charge < -0.3 is 35.1 Å². The molecule has 0 aliphatic carbocycles. The summed E-state index contributed by atoms with van der Waals surface area (Å²) in [4.78, 5) is 36.6. The molecular formula is C23H36ClFN7O7PS2. The molecule has 0 unspecified atom stereocenters. The van der Waals surface area contributed by atoms with Crippen LogP contribution in [-0.2, 0) is 39.9 Å². The van der Waals surface area contributed by atoms with Crippen LogP contribution in [0, 0.1) is 5.41 Å². The number of thioether (sulfide) groups is 1. The topological polar surface area (TPSA) is 199 Å². The number of hydrogen-bond acceptors (Lipinski definition) is 14. The molecule has 1 saturated heterocycles. The standard InChI is InChI=1S/C23H36ClFN7O7PS2/c1-11(2)38-18(34)12(3)31-40(41,36-7-8-42-20(35)22(4,5)6)37-9-13-15(33)23(24,25)19(39-13)32-10-28-14-16(26)29-21(27)30-17(14)32/h10-13,15,19,33H,7-9H2,1-6H3,(H,31,41)(H4,26,27,29,30)/t12-,13+,15+,19+,23+,40+/m0/s1. The summed E-state index contributed by atoms with van der Waals surface area (Å²) in [5.74, 6) is -0.566. The molecule has 19 heteroatoms. The van der Waals surface area contributed by atoms with Crippen LogP contribution in [0.2, 0.25) is 0 Å². The summed E-state index contributed by atoms with van der Waals surface area (Å²) in [5.41, 5.74) is 11.1. The van der Waals surface area contributed by atoms with Gasteiger partial charge in [-0.2, -0.15) is 9.97 Å². The van der Waals surface area contributed by atoms with Gasteiger partial charge in [0.1, 0.15) is 23.8 Å². The molecular weight excluding hydrogens is 636 g/mol. The Bertz CT molecular complexity index is 1350. The van der Waals surface area contributed by atoms with Gasteiger partial charge in [0.15, 0.2) is 22.8 Å². The van der Waals surface area contributed by atoms with Gasteiger partial charge in [-0.1, -0.05) is 44.1 Å². The summed E-state index contributed by atoms with van der Waals surface area (Å²) < 4.78 is 39.5. The first-order valence-electron chi connectivity index (χ1n) is 12.9. The minimum absolute atomic E-state index is 0.00839. The number of halogens is 2. The number of nitrogens with one attached hydrogen (secondary N) is 1. The maximum atomic E-state index is 15.7. The fourth-order valence-electron chi connectivity index (χ4n) is 3.65. The molecule has 6 N–H and O–H groups in total. The first kappa shape index (κ1) is 34.8. The molecule has 1 fully saturated rings. The lowest BCUT2D eigenvalue weighted by Crippen LogP contribution is -2.39. The molecule has 14 nitrogen and oxygen atoms in total. The van der Waals surface area contributed by atoms with Crippen molar-refractivity contribution in [2.24, 2.45) is 5.41 Å². The smallest absolute Gasteiger partial charge is 0.323 e. The Balaban J connectivity index is 1.76. The van der Waals surface area contributed by atoms with Crippen LogP contribution in [0.25, 0.3) is 11.2 Å². The van der Waals surface area contributed by atoms with Gasteiger partial charge in [0.2, 0.25) is 5.95 Å². The number of imidazole rings is 1. The van der Waals surface area contributed by atoms with Gasteiger partial charge in [0, 0.05) is 11.2 Å². The number of fused-ring (bicyclic) bond motifs is 1. The van der Waals surface area contributed by atoms with Crippen molar-refractivity contribution in [2.75, 3.05) is 30.4 Å². The first-order valence-corrected chi connectivity index (χ1v) is 16.9. The monoisotopic (exact) mass is 671 g/mol. The Kier molecular flexibility index (Phi) is 11.2. The van der Waals surface area contributed by atoms with Crippen molar-refractivity contribution >= 4 is 75.8 Å². The lowest BCUT2D eigenvalue weighted by atomic mass is 10.00. The zero-order valence-corrected chi connectivity index (χ0v) is 27.2. The molecule has 0 aromatic carbocycles. The number of aliphatic hydroxyl groups excluding tert-OH is 1. The number of aromatic nitrogens is 4. The van der Waals surface area contributed by atoms with E-state index in [9.17, 15) is 14.7 Å². The third kappa shape index (κ3) is 8.27. The highest BCUT2D eigenvalue weighted by Crippen LogP contribution is 2.49. The van der Waals surface area contributed by atoms with Crippen LogP contribution < -0.4 is 16.6 Å². The highest BCUT2D eigenvalue weighted by atomic mass is 35.5. The predicted octanol–water partition coefficient (Wildman–Crippen LogP) is 2.65. The molecule has 1 aliphatic heterocycles. The van der Waals surface area contributed by atoms with Crippen molar-refractivity contribution < 1.29 is 37.6 Å². The third-order valence-electron chi connectivity index (χ3n) is 5.75. The second-order valence-electron chi connectivity index (χ2n) is 10.8. The summed E-state index contributed by atoms with van der Waals surface area (Å²) in [6, 6.07) is -0.939. The normalized spacial score (nSPS) is 25.0. The molecule has 3 rings (SSSR count). The van der Waals surface area contributed by atoms with Crippen molar-refractivity contribution in [3.8, 4) is 0 Å². The van der Waals surface area contributed by atoms with Crippen LogP contribution in [0.5, 0.6) is 0 Å². The molecule has 0 radical (unpaired) electrons. The fourth-order valence-corrected chi connectivity index (χ4v) is 7.21. The average Bonchev–Trinajstić information content (AvgIpc) is 3.37. The van der Waals surface area contributed by atoms with E-state index in [2.05, 4.69) is 20.0 Å². The largest absolute Gasteiger partial charge is 0.462 e. The fraction of sp³-hybridized carbons (Fsp3) is 0.696. The van der Waals surface area contributed by atoms with E-state index >= 15 is 4.39 Å². The van der Waals surface area contributed by atoms with Crippen molar-refractivity contribution in [2.45, 2.75) is 77.3 Å². The van der Waals surface area contributed by atoms with Crippen LogP contribution in [0.4, 0.5) is 16.2 Å². The number of nitrogen functional groups attached to an aromatic ring is 2. The summed E-state index contributed by atoms with van der Waals surface area (Å²) in [6.07, 6.45) is -4.05. The van der Waals surface area contributed by atoms with Gasteiger partial charge in [0.05, 0.1) is 25.6 Å². The molecule has 236 valence electrons. The molecule has 6 atom stereocenters. The maximum Gasteiger partial charge on any atom is 0.323 e. The van der Waals surface area contributed by atoms with Gasteiger partial charge in [-0.25, -0.2) is 14.5 Å². The third-order valence-corrected chi connectivity index (χ3v) is 10.1. The zero-order chi connectivity index (χ0) is 31.6. The van der Waals surface area contributed by atoms with Crippen molar-refractivity contribution in [1.82, 2.24) is 24.6 Å². The van der Waals surface area contributed by atoms with Crippen molar-refractivity contribution in [3.05, 3.63) is 6.33 Å². The predicted molar refractivity (Wildman–Crippen MR) is 161 cm³/mol. The van der Waals surface area contributed by atoms with E-state index < -0.39 is 54.2 Å². The Morgan fingerprint density at radius 3 is 2.62 bits per heavy atom. The van der Waals surface area contributed by atoms with Crippen LogP contribution >= 0.6 is 30.0 Å². The number of nitrogens with two attached hydrogens (primary N) is 2. The lowest BCUT2D eigenvalue weighted by Gasteiger charge is -2.28. The highest BCUT2D eigenvalue weighted by Gasteiger charge is 2.58. The second kappa shape index (κ2) is 13.5. The van der Waals surface area contributed by atoms with Gasteiger partial charge in [-0.15, -0.1) is 0 Å². The number of carbonyl (C=O) groups is 2. The minimum Gasteiger partial charge on any atom is -0.462 e. The molecule has 0 saturated carbocycles. The van der Waals surface area contributed by atoms with E-state index in [4.69, 9.17) is 53.4 Å². The van der Waals surface area contributed by atoms with Gasteiger partial charge in [0.25, 0.3) is 11.8 Å². The quantitative estimate of drug-likeness (QED) is 0.111. The Hall–Kier alpha value is -1.69. The average molecular weight is 672 g/mol. The molecule has 2 aromatic rings. The number of aliphatic hydroxyl groups is 1. The van der Waals surface area contributed by atoms with Crippen LogP contribution in [0.1, 0.15) is 47.8 Å². The lowest BCUT2D eigenvalue weighted by molar-refractivity contribution is -0.149. The summed E-state index contributed by atoms with van der Waals surface area (Å²) in [7, 11) is 0. The molecule has 0 bridgehead atoms. The van der Waals surface area contributed by atoms with Crippen LogP contribution in [0.15, 0.2) is 6.33 Å². The van der Waals surface area contributed by atoms with Gasteiger partial charge >= 0.3 is 5.97 Å². The summed E-state index contributed by atoms with van der Waals surface area (Å²) >= 11 is 12.8. The van der Waals surface area contributed by atoms with Crippen LogP contribution in [-0.4, -0.2) is 84.2 Å². The molecule has 0 spiro atoms. The number of hydrogen-bond donors (Lipinski definition) is 4. The summed E-state index contributed by atoms with van der Waals surface area (Å²) in [5, 5.41) is 10.7. The molecule has 0 amide bonds. The Morgan fingerprint density at radius 2 is 2.00 bits per heavy atom. The number of alkyl halides is 2. The highest BCUT2D eigenvalue weighted by molar-refractivity contribution is 8.13. The number of nitrogens with zero attached hydrogens (tertiary/aromatic N) is 4. The summed E-state index contributed by atoms with van der Waals surface area (Å²) in [6.45, 7) is 6.31. The molecule has 42 heavy (non-hydrogen) atoms. The Labute approximate surface area is 256 Å². The molecule has 1 aliphatic rings. The van der Waals surface area contributed by atoms with E-state index in [1.54, 1.807) is 34.6 Å². The van der Waals surface area contributed by atoms with Crippen molar-refractivity contribution in [1.29, 1.82) is 0 Å². The van der Waals surface area contributed by atoms with Gasteiger partial charge in [-0.05, 0) is 32.6 Å². The number of esters is 1. The van der Waals surface area contributed by atoms with E-state index in [1.165, 1.54) is 13.3 Å². The Morgan fingerprint density at radius 1 is 1.33 bits per heavy atom. The molecule has 2 aromatic heterocycles. The second-order valence-corrected chi connectivity index (χ2v) is 15.6. The van der Waals surface area contributed by atoms with E-state index in [-0.39, 0.29) is 46.5 Å². The SMILES string of the molecule is CC(C)OC(=O)[C@H](C)N[P@@](=S)(OCCSC(=O)C(C)(C)C)OC[C@H]1O[C@@H](n2cnc3c(N)nc(N)nc32)[C@@](F)(Cl)[C@@H]1O. The first-order chi connectivity index (χ1) is 19.4. The van der Waals surface area contributed by atoms with Gasteiger partial charge in [-0.3, -0.25) is 14.2 Å². The molecule has 3 heterocycles. The van der Waals surface area contributed by atoms with Crippen LogP contribution in [0.3, 0.4) is 0 Å². The van der Waals surface area contributed by atoms with E-state index in [0.717, 1.165) is 16.3 Å². The number of rotatable bonds is 12. The zero-order valence-electron chi connectivity index (χ0n) is 23.9. The minimum atomic E-state index is -3.50. The number of carbonyl (C=O) groups excluding carboxylic acids is 2. The van der Waals surface area contributed by atoms with E-state index in [1.807, 2.05) is 0 Å². The van der Waals surface area contributed by atoms with E-state index in [0.29, 0.717) is 0 Å². The number of anilines is 2. The van der Waals surface area contributed by atoms with Crippen molar-refractivity contribution in [3.63, 3.8) is 0 Å².